The molecule has 1 amide bonds. The van der Waals surface area contributed by atoms with E-state index >= 15 is 0 Å². The number of benzene rings is 1. The Morgan fingerprint density at radius 1 is 1.42 bits per heavy atom. The second-order valence-corrected chi connectivity index (χ2v) is 4.38. The molecule has 0 saturated carbocycles. The summed E-state index contributed by atoms with van der Waals surface area (Å²) in [4.78, 5) is 22.8. The topological polar surface area (TPSA) is 55.4 Å². The fourth-order valence-electron chi connectivity index (χ4n) is 1.92. The lowest BCUT2D eigenvalue weighted by Gasteiger charge is -2.37. The molecule has 1 aliphatic rings. The van der Waals surface area contributed by atoms with Gasteiger partial charge in [-0.2, -0.15) is 13.2 Å². The van der Waals surface area contributed by atoms with Gasteiger partial charge in [-0.1, -0.05) is 11.6 Å². The monoisotopic (exact) mass is 293 g/mol. The van der Waals surface area contributed by atoms with Gasteiger partial charge in [-0.05, 0) is 25.1 Å². The number of ketones is 1. The third-order valence-electron chi connectivity index (χ3n) is 2.74. The van der Waals surface area contributed by atoms with Crippen molar-refractivity contribution in [3.8, 4) is 0 Å². The van der Waals surface area contributed by atoms with E-state index in [1.165, 1.54) is 12.1 Å². The van der Waals surface area contributed by atoms with E-state index in [4.69, 9.17) is 11.6 Å². The molecule has 0 radical (unpaired) electrons. The molecule has 8 heteroatoms. The lowest BCUT2D eigenvalue weighted by Crippen LogP contribution is -2.54. The standard InChI is InChI=1S/C11H7ClF3NO3/c1-5(17)10(11(13,14)15)7-4-6(12)2-3-8(7)16-9(18)19-10/h2-4H,1H3,(H,16,18)/t10-/m0/s1. The molecule has 0 unspecified atom stereocenters. The number of carbonyl (C=O) groups is 2. The van der Waals surface area contributed by atoms with Gasteiger partial charge in [0.2, 0.25) is 0 Å². The van der Waals surface area contributed by atoms with E-state index in [9.17, 15) is 22.8 Å². The number of alkyl halides is 3. The van der Waals surface area contributed by atoms with E-state index in [0.29, 0.717) is 6.92 Å². The normalized spacial score (nSPS) is 22.3. The van der Waals surface area contributed by atoms with Gasteiger partial charge in [0.25, 0.3) is 5.60 Å². The van der Waals surface area contributed by atoms with Gasteiger partial charge < -0.3 is 4.74 Å². The second kappa shape index (κ2) is 4.12. The maximum absolute atomic E-state index is 13.3. The number of anilines is 1. The summed E-state index contributed by atoms with van der Waals surface area (Å²) >= 11 is 5.65. The van der Waals surface area contributed by atoms with Crippen LogP contribution in [0.2, 0.25) is 5.02 Å². The summed E-state index contributed by atoms with van der Waals surface area (Å²) in [6, 6.07) is 3.43. The summed E-state index contributed by atoms with van der Waals surface area (Å²) in [7, 11) is 0. The molecule has 1 atom stereocenters. The fraction of sp³-hybridized carbons (Fsp3) is 0.273. The van der Waals surface area contributed by atoms with Crippen LogP contribution in [-0.2, 0) is 15.1 Å². The van der Waals surface area contributed by atoms with Crippen molar-refractivity contribution in [2.75, 3.05) is 5.32 Å². The summed E-state index contributed by atoms with van der Waals surface area (Å²) in [6.07, 6.45) is -6.43. The third kappa shape index (κ3) is 1.94. The van der Waals surface area contributed by atoms with Crippen LogP contribution in [0.1, 0.15) is 12.5 Å². The van der Waals surface area contributed by atoms with Crippen LogP contribution in [0.3, 0.4) is 0 Å². The largest absolute Gasteiger partial charge is 0.440 e. The number of amides is 1. The van der Waals surface area contributed by atoms with Crippen molar-refractivity contribution in [1.29, 1.82) is 0 Å². The highest BCUT2D eigenvalue weighted by molar-refractivity contribution is 6.30. The first-order valence-electron chi connectivity index (χ1n) is 5.06. The minimum absolute atomic E-state index is 0.00614. The number of carbonyl (C=O) groups excluding carboxylic acids is 2. The van der Waals surface area contributed by atoms with Crippen molar-refractivity contribution in [3.63, 3.8) is 0 Å². The van der Waals surface area contributed by atoms with Crippen molar-refractivity contribution in [1.82, 2.24) is 0 Å². The molecule has 1 N–H and O–H groups in total. The fourth-order valence-corrected chi connectivity index (χ4v) is 2.09. The quantitative estimate of drug-likeness (QED) is 0.865. The van der Waals surface area contributed by atoms with E-state index in [0.717, 1.165) is 6.07 Å². The lowest BCUT2D eigenvalue weighted by atomic mass is 9.86. The molecule has 4 nitrogen and oxygen atoms in total. The predicted molar refractivity (Wildman–Crippen MR) is 60.0 cm³/mol. The number of nitrogens with one attached hydrogen (secondary N) is 1. The van der Waals surface area contributed by atoms with Crippen LogP contribution in [-0.4, -0.2) is 18.1 Å². The third-order valence-corrected chi connectivity index (χ3v) is 2.97. The zero-order valence-corrected chi connectivity index (χ0v) is 10.2. The van der Waals surface area contributed by atoms with Crippen LogP contribution < -0.4 is 5.32 Å². The number of hydrogen-bond donors (Lipinski definition) is 1. The first-order valence-corrected chi connectivity index (χ1v) is 5.44. The van der Waals surface area contributed by atoms with Crippen LogP contribution in [0.5, 0.6) is 0 Å². The lowest BCUT2D eigenvalue weighted by molar-refractivity contribution is -0.253. The Balaban J connectivity index is 2.79. The van der Waals surface area contributed by atoms with Gasteiger partial charge in [0, 0.05) is 10.6 Å². The van der Waals surface area contributed by atoms with Crippen LogP contribution in [0, 0.1) is 0 Å². The second-order valence-electron chi connectivity index (χ2n) is 3.94. The molecule has 19 heavy (non-hydrogen) atoms. The number of halogens is 4. The molecular weight excluding hydrogens is 287 g/mol. The molecule has 0 bridgehead atoms. The SMILES string of the molecule is CC(=O)[C@]1(C(F)(F)F)OC(=O)Nc2ccc(Cl)cc21. The first kappa shape index (κ1) is 13.7. The van der Waals surface area contributed by atoms with Gasteiger partial charge in [0.1, 0.15) is 0 Å². The van der Waals surface area contributed by atoms with Gasteiger partial charge in [-0.15, -0.1) is 0 Å². The number of rotatable bonds is 1. The molecule has 0 saturated heterocycles. The molecule has 1 aromatic rings. The van der Waals surface area contributed by atoms with Gasteiger partial charge in [-0.25, -0.2) is 4.79 Å². The maximum Gasteiger partial charge on any atom is 0.440 e. The summed E-state index contributed by atoms with van der Waals surface area (Å²) in [5, 5.41) is 2.09. The number of fused-ring (bicyclic) bond motifs is 1. The molecule has 1 aromatic carbocycles. The Morgan fingerprint density at radius 3 is 2.58 bits per heavy atom. The van der Waals surface area contributed by atoms with Crippen LogP contribution in [0.15, 0.2) is 18.2 Å². The molecule has 0 aliphatic carbocycles. The Kier molecular flexibility index (Phi) is 2.97. The minimum Gasteiger partial charge on any atom is -0.420 e. The number of cyclic esters (lactones) is 1. The highest BCUT2D eigenvalue weighted by Crippen LogP contribution is 2.48. The zero-order chi connectivity index (χ0) is 14.4. The molecular formula is C11H7ClF3NO3. The molecule has 1 aliphatic heterocycles. The highest BCUT2D eigenvalue weighted by atomic mass is 35.5. The van der Waals surface area contributed by atoms with E-state index in [1.54, 1.807) is 0 Å². The Bertz CT molecular complexity index is 573. The van der Waals surface area contributed by atoms with E-state index in [-0.39, 0.29) is 10.7 Å². The predicted octanol–water partition coefficient (Wildman–Crippen LogP) is 3.25. The summed E-state index contributed by atoms with van der Waals surface area (Å²) in [5.74, 6) is -1.35. The van der Waals surface area contributed by atoms with E-state index in [2.05, 4.69) is 10.1 Å². The van der Waals surface area contributed by atoms with Crippen molar-refractivity contribution >= 4 is 29.2 Å². The van der Waals surface area contributed by atoms with E-state index in [1.807, 2.05) is 0 Å². The van der Waals surface area contributed by atoms with Gasteiger partial charge in [0.05, 0.1) is 5.69 Å². The van der Waals surface area contributed by atoms with Crippen molar-refractivity contribution < 1.29 is 27.5 Å². The van der Waals surface area contributed by atoms with Crippen LogP contribution in [0.4, 0.5) is 23.7 Å². The summed E-state index contributed by atoms with van der Waals surface area (Å²) < 4.78 is 44.1. The number of ether oxygens (including phenoxy) is 1. The number of Topliss-reactive ketones (excluding diaryl/α,β-unsaturated/α-hetero) is 1. The minimum atomic E-state index is -5.09. The molecule has 0 aromatic heterocycles. The maximum atomic E-state index is 13.3. The van der Waals surface area contributed by atoms with Gasteiger partial charge in [0.15, 0.2) is 5.78 Å². The van der Waals surface area contributed by atoms with Crippen molar-refractivity contribution in [3.05, 3.63) is 28.8 Å². The molecule has 102 valence electrons. The average molecular weight is 294 g/mol. The van der Waals surface area contributed by atoms with E-state index < -0.39 is 29.2 Å². The van der Waals surface area contributed by atoms with Crippen LogP contribution >= 0.6 is 11.6 Å². The summed E-state index contributed by atoms with van der Waals surface area (Å²) in [5.41, 5.74) is -4.01. The molecule has 1 heterocycles. The van der Waals surface area contributed by atoms with Crippen molar-refractivity contribution in [2.24, 2.45) is 0 Å². The van der Waals surface area contributed by atoms with Crippen molar-refractivity contribution in [2.45, 2.75) is 18.7 Å². The van der Waals surface area contributed by atoms with Gasteiger partial charge >= 0.3 is 12.3 Å². The summed E-state index contributed by atoms with van der Waals surface area (Å²) in [6.45, 7) is 0.705. The number of hydrogen-bond acceptors (Lipinski definition) is 3. The van der Waals surface area contributed by atoms with Gasteiger partial charge in [-0.3, -0.25) is 10.1 Å². The Morgan fingerprint density at radius 2 is 2.05 bits per heavy atom. The molecule has 0 spiro atoms. The zero-order valence-electron chi connectivity index (χ0n) is 9.47. The average Bonchev–Trinajstić information content (AvgIpc) is 2.26. The smallest absolute Gasteiger partial charge is 0.420 e. The molecule has 0 fully saturated rings. The Labute approximate surface area is 110 Å². The Hall–Kier alpha value is -1.76. The van der Waals surface area contributed by atoms with Crippen LogP contribution in [0.25, 0.3) is 0 Å². The molecule has 2 rings (SSSR count). The highest BCUT2D eigenvalue weighted by Gasteiger charge is 2.65. The first-order chi connectivity index (χ1) is 8.68.